The summed E-state index contributed by atoms with van der Waals surface area (Å²) in [4.78, 5) is 24.9. The lowest BCUT2D eigenvalue weighted by atomic mass is 9.91. The van der Waals surface area contributed by atoms with E-state index in [4.69, 9.17) is 10.5 Å². The Kier molecular flexibility index (Phi) is 5.29. The van der Waals surface area contributed by atoms with Gasteiger partial charge in [0, 0.05) is 23.0 Å². The second-order valence-corrected chi connectivity index (χ2v) is 6.97. The molecule has 0 fully saturated rings. The molecule has 3 aromatic carbocycles. The van der Waals surface area contributed by atoms with Crippen LogP contribution in [0.15, 0.2) is 72.9 Å². The first kappa shape index (κ1) is 19.6. The molecule has 0 spiro atoms. The Balaban J connectivity index is 1.71. The standard InChI is InChI=1S/C25H16N4O2/c26-11-10-16-4-7-20(8-5-16)28-15-23-22-13-19(18-3-1-2-17(12-18)14-27)6-9-21(22)24(30)29-25(23)31/h1-9,12-13,15,28H,10H2,(H,29,30,31)/b23-15+. The highest BCUT2D eigenvalue weighted by atomic mass is 16.2. The van der Waals surface area contributed by atoms with Gasteiger partial charge in [0.15, 0.2) is 0 Å². The smallest absolute Gasteiger partial charge is 0.260 e. The van der Waals surface area contributed by atoms with Crippen LogP contribution in [-0.4, -0.2) is 11.8 Å². The summed E-state index contributed by atoms with van der Waals surface area (Å²) in [7, 11) is 0. The van der Waals surface area contributed by atoms with Crippen molar-refractivity contribution < 1.29 is 9.59 Å². The monoisotopic (exact) mass is 404 g/mol. The quantitative estimate of drug-likeness (QED) is 0.505. The van der Waals surface area contributed by atoms with Crippen molar-refractivity contribution in [2.24, 2.45) is 0 Å². The fourth-order valence-electron chi connectivity index (χ4n) is 3.38. The molecular formula is C25H16N4O2. The largest absolute Gasteiger partial charge is 0.361 e. The number of hydrogen-bond donors (Lipinski definition) is 2. The van der Waals surface area contributed by atoms with Gasteiger partial charge in [-0.05, 0) is 53.1 Å². The first-order valence-corrected chi connectivity index (χ1v) is 9.52. The van der Waals surface area contributed by atoms with E-state index < -0.39 is 11.8 Å². The van der Waals surface area contributed by atoms with Crippen LogP contribution in [-0.2, 0) is 11.2 Å². The number of carbonyl (C=O) groups is 2. The van der Waals surface area contributed by atoms with Crippen LogP contribution in [0.4, 0.5) is 5.69 Å². The van der Waals surface area contributed by atoms with Crippen molar-refractivity contribution >= 4 is 23.1 Å². The molecule has 1 heterocycles. The van der Waals surface area contributed by atoms with Gasteiger partial charge in [0.05, 0.1) is 29.7 Å². The zero-order valence-corrected chi connectivity index (χ0v) is 16.3. The molecule has 0 aromatic heterocycles. The van der Waals surface area contributed by atoms with Crippen molar-refractivity contribution in [1.29, 1.82) is 10.5 Å². The molecule has 3 aromatic rings. The van der Waals surface area contributed by atoms with E-state index in [0.717, 1.165) is 22.4 Å². The molecule has 0 unspecified atom stereocenters. The molecule has 0 atom stereocenters. The highest BCUT2D eigenvalue weighted by Gasteiger charge is 2.27. The summed E-state index contributed by atoms with van der Waals surface area (Å²) in [6, 6.07) is 23.9. The van der Waals surface area contributed by atoms with Gasteiger partial charge in [0.25, 0.3) is 11.8 Å². The molecule has 2 N–H and O–H groups in total. The van der Waals surface area contributed by atoms with Gasteiger partial charge in [-0.25, -0.2) is 0 Å². The number of benzene rings is 3. The average molecular weight is 404 g/mol. The molecule has 0 aliphatic carbocycles. The molecule has 1 aliphatic heterocycles. The number of amides is 2. The number of carbonyl (C=O) groups excluding carboxylic acids is 2. The third-order valence-corrected chi connectivity index (χ3v) is 4.97. The number of fused-ring (bicyclic) bond motifs is 1. The molecule has 0 bridgehead atoms. The minimum atomic E-state index is -0.492. The van der Waals surface area contributed by atoms with Gasteiger partial charge in [-0.1, -0.05) is 30.3 Å². The summed E-state index contributed by atoms with van der Waals surface area (Å²) in [6.45, 7) is 0. The minimum Gasteiger partial charge on any atom is -0.361 e. The van der Waals surface area contributed by atoms with Crippen LogP contribution in [0, 0.1) is 22.7 Å². The third-order valence-electron chi connectivity index (χ3n) is 4.97. The van der Waals surface area contributed by atoms with Gasteiger partial charge in [0.1, 0.15) is 0 Å². The maximum absolute atomic E-state index is 12.6. The summed E-state index contributed by atoms with van der Waals surface area (Å²) in [5, 5.41) is 23.4. The third kappa shape index (κ3) is 4.05. The molecular weight excluding hydrogens is 388 g/mol. The van der Waals surface area contributed by atoms with Crippen molar-refractivity contribution in [3.05, 3.63) is 95.2 Å². The van der Waals surface area contributed by atoms with Gasteiger partial charge in [-0.2, -0.15) is 10.5 Å². The van der Waals surface area contributed by atoms with Crippen LogP contribution in [0.1, 0.15) is 27.0 Å². The van der Waals surface area contributed by atoms with Crippen LogP contribution >= 0.6 is 0 Å². The number of imide groups is 1. The van der Waals surface area contributed by atoms with E-state index in [2.05, 4.69) is 22.8 Å². The van der Waals surface area contributed by atoms with Crippen molar-refractivity contribution in [3.8, 4) is 23.3 Å². The van der Waals surface area contributed by atoms with Crippen molar-refractivity contribution in [2.75, 3.05) is 5.32 Å². The lowest BCUT2D eigenvalue weighted by molar-refractivity contribution is -0.114. The Hall–Kier alpha value is -4.68. The van der Waals surface area contributed by atoms with Gasteiger partial charge >= 0.3 is 0 Å². The van der Waals surface area contributed by atoms with Gasteiger partial charge in [-0.15, -0.1) is 0 Å². The molecule has 2 amide bonds. The van der Waals surface area contributed by atoms with Crippen molar-refractivity contribution in [3.63, 3.8) is 0 Å². The van der Waals surface area contributed by atoms with E-state index in [1.807, 2.05) is 30.3 Å². The maximum atomic E-state index is 12.6. The summed E-state index contributed by atoms with van der Waals surface area (Å²) >= 11 is 0. The Morgan fingerprint density at radius 1 is 0.871 bits per heavy atom. The molecule has 0 saturated carbocycles. The van der Waals surface area contributed by atoms with Crippen LogP contribution in [0.25, 0.3) is 16.7 Å². The van der Waals surface area contributed by atoms with E-state index in [9.17, 15) is 9.59 Å². The van der Waals surface area contributed by atoms with Crippen molar-refractivity contribution in [2.45, 2.75) is 6.42 Å². The number of rotatable bonds is 4. The highest BCUT2D eigenvalue weighted by Crippen LogP contribution is 2.30. The summed E-state index contributed by atoms with van der Waals surface area (Å²) in [5.41, 5.74) is 5.04. The minimum absolute atomic E-state index is 0.328. The Morgan fingerprint density at radius 2 is 1.65 bits per heavy atom. The van der Waals surface area contributed by atoms with Gasteiger partial charge in [-0.3, -0.25) is 14.9 Å². The molecule has 6 nitrogen and oxygen atoms in total. The number of nitrogens with one attached hydrogen (secondary N) is 2. The molecule has 0 radical (unpaired) electrons. The zero-order chi connectivity index (χ0) is 21.8. The Morgan fingerprint density at radius 3 is 2.39 bits per heavy atom. The fraction of sp³-hybridized carbons (Fsp3) is 0.0400. The topological polar surface area (TPSA) is 106 Å². The molecule has 31 heavy (non-hydrogen) atoms. The van der Waals surface area contributed by atoms with E-state index >= 15 is 0 Å². The lowest BCUT2D eigenvalue weighted by Crippen LogP contribution is -2.36. The fourth-order valence-corrected chi connectivity index (χ4v) is 3.38. The molecule has 148 valence electrons. The highest BCUT2D eigenvalue weighted by molar-refractivity contribution is 6.31. The zero-order valence-electron chi connectivity index (χ0n) is 16.3. The van der Waals surface area contributed by atoms with Crippen LogP contribution in [0.2, 0.25) is 0 Å². The van der Waals surface area contributed by atoms with Crippen LogP contribution in [0.3, 0.4) is 0 Å². The Bertz CT molecular complexity index is 1310. The second kappa shape index (κ2) is 8.36. The molecule has 4 rings (SSSR count). The number of hydrogen-bond acceptors (Lipinski definition) is 5. The summed E-state index contributed by atoms with van der Waals surface area (Å²) in [6.07, 6.45) is 1.89. The predicted octanol–water partition coefficient (Wildman–Crippen LogP) is 4.01. The second-order valence-electron chi connectivity index (χ2n) is 6.97. The van der Waals surface area contributed by atoms with Crippen LogP contribution < -0.4 is 10.6 Å². The first-order valence-electron chi connectivity index (χ1n) is 9.52. The van der Waals surface area contributed by atoms with Crippen molar-refractivity contribution in [1.82, 2.24) is 5.32 Å². The van der Waals surface area contributed by atoms with E-state index in [1.165, 1.54) is 0 Å². The number of nitrogens with zero attached hydrogens (tertiary/aromatic N) is 2. The average Bonchev–Trinajstić information content (AvgIpc) is 2.80. The molecule has 1 aliphatic rings. The van der Waals surface area contributed by atoms with Gasteiger partial charge < -0.3 is 5.32 Å². The Labute approximate surface area is 179 Å². The van der Waals surface area contributed by atoms with Gasteiger partial charge in [0.2, 0.25) is 0 Å². The molecule has 6 heteroatoms. The normalized spacial score (nSPS) is 13.7. The predicted molar refractivity (Wildman–Crippen MR) is 116 cm³/mol. The van der Waals surface area contributed by atoms with E-state index in [1.54, 1.807) is 42.6 Å². The first-order chi connectivity index (χ1) is 15.1. The number of anilines is 1. The van der Waals surface area contributed by atoms with Crippen LogP contribution in [0.5, 0.6) is 0 Å². The van der Waals surface area contributed by atoms with E-state index in [-0.39, 0.29) is 0 Å². The number of nitriles is 2. The molecule has 0 saturated heterocycles. The SMILES string of the molecule is N#CCc1ccc(N/C=C2/C(=O)NC(=O)c3ccc(-c4cccc(C#N)c4)cc32)cc1. The summed E-state index contributed by atoms with van der Waals surface area (Å²) in [5.74, 6) is -0.940. The van der Waals surface area contributed by atoms with E-state index in [0.29, 0.717) is 28.7 Å². The maximum Gasteiger partial charge on any atom is 0.260 e. The lowest BCUT2D eigenvalue weighted by Gasteiger charge is -2.19. The summed E-state index contributed by atoms with van der Waals surface area (Å²) < 4.78 is 0.